The molecule has 1 aromatic carbocycles. The van der Waals surface area contributed by atoms with Crippen molar-refractivity contribution in [1.29, 1.82) is 0 Å². The molecule has 19 heavy (non-hydrogen) atoms. The summed E-state index contributed by atoms with van der Waals surface area (Å²) in [5, 5.41) is 6.72. The number of hydrogen-bond donors (Lipinski definition) is 1. The first-order valence-electron chi connectivity index (χ1n) is 5.66. The monoisotopic (exact) mass is 288 g/mol. The second-order valence-corrected chi connectivity index (χ2v) is 5.50. The number of aryl methyl sites for hydroxylation is 1. The van der Waals surface area contributed by atoms with Crippen molar-refractivity contribution in [3.05, 3.63) is 34.8 Å². The van der Waals surface area contributed by atoms with Gasteiger partial charge in [-0.05, 0) is 31.3 Å². The summed E-state index contributed by atoms with van der Waals surface area (Å²) in [6, 6.07) is 8.06. The van der Waals surface area contributed by atoms with Gasteiger partial charge in [-0.15, -0.1) is 5.10 Å². The number of aromatic nitrogens is 4. The minimum atomic E-state index is 0.283. The Bertz CT molecular complexity index is 959. The van der Waals surface area contributed by atoms with Gasteiger partial charge in [-0.3, -0.25) is 4.40 Å². The number of imidazole rings is 1. The SMILES string of the molecule is Cc1c(-c2n[nH]c(=S)o2)sc2nc3ccccc3n12. The van der Waals surface area contributed by atoms with E-state index in [2.05, 4.69) is 25.6 Å². The Morgan fingerprint density at radius 1 is 1.37 bits per heavy atom. The maximum atomic E-state index is 5.38. The molecule has 0 aliphatic carbocycles. The first-order valence-corrected chi connectivity index (χ1v) is 6.89. The molecule has 0 unspecified atom stereocenters. The molecular formula is C12H8N4OS2. The Kier molecular flexibility index (Phi) is 2.15. The van der Waals surface area contributed by atoms with Gasteiger partial charge in [0.1, 0.15) is 4.88 Å². The van der Waals surface area contributed by atoms with Crippen molar-refractivity contribution in [3.8, 4) is 10.8 Å². The van der Waals surface area contributed by atoms with Crippen molar-refractivity contribution >= 4 is 39.5 Å². The fraction of sp³-hybridized carbons (Fsp3) is 0.0833. The third-order valence-electron chi connectivity index (χ3n) is 3.02. The van der Waals surface area contributed by atoms with Crippen LogP contribution in [0.3, 0.4) is 0 Å². The van der Waals surface area contributed by atoms with Crippen molar-refractivity contribution in [3.63, 3.8) is 0 Å². The number of H-pyrrole nitrogens is 1. The summed E-state index contributed by atoms with van der Waals surface area (Å²) in [5.41, 5.74) is 3.14. The minimum absolute atomic E-state index is 0.283. The third-order valence-corrected chi connectivity index (χ3v) is 4.32. The van der Waals surface area contributed by atoms with E-state index in [-0.39, 0.29) is 4.84 Å². The van der Waals surface area contributed by atoms with Gasteiger partial charge < -0.3 is 4.42 Å². The molecule has 0 spiro atoms. The normalized spacial score (nSPS) is 11.6. The summed E-state index contributed by atoms with van der Waals surface area (Å²) < 4.78 is 7.49. The standard InChI is InChI=1S/C12H8N4OS2/c1-6-9(10-14-15-12(18)17-10)19-11-13-7-4-2-3-5-8(7)16(6)11/h2-5H,1H3,(H,15,18). The summed E-state index contributed by atoms with van der Waals surface area (Å²) in [4.78, 5) is 6.76. The van der Waals surface area contributed by atoms with E-state index in [4.69, 9.17) is 16.6 Å². The van der Waals surface area contributed by atoms with Gasteiger partial charge in [0, 0.05) is 5.69 Å². The van der Waals surface area contributed by atoms with Gasteiger partial charge in [0.25, 0.3) is 10.7 Å². The van der Waals surface area contributed by atoms with Crippen LogP contribution in [-0.4, -0.2) is 19.6 Å². The summed E-state index contributed by atoms with van der Waals surface area (Å²) in [6.45, 7) is 2.03. The van der Waals surface area contributed by atoms with Crippen molar-refractivity contribution in [2.24, 2.45) is 0 Å². The van der Waals surface area contributed by atoms with Gasteiger partial charge in [-0.1, -0.05) is 23.5 Å². The second kappa shape index (κ2) is 3.75. The third kappa shape index (κ3) is 1.48. The van der Waals surface area contributed by atoms with E-state index in [1.807, 2.05) is 25.1 Å². The van der Waals surface area contributed by atoms with Crippen molar-refractivity contribution in [2.45, 2.75) is 6.92 Å². The predicted molar refractivity (Wildman–Crippen MR) is 76.0 cm³/mol. The van der Waals surface area contributed by atoms with E-state index in [0.717, 1.165) is 26.6 Å². The molecule has 0 aliphatic rings. The van der Waals surface area contributed by atoms with E-state index in [9.17, 15) is 0 Å². The van der Waals surface area contributed by atoms with E-state index in [1.54, 1.807) is 11.3 Å². The summed E-state index contributed by atoms with van der Waals surface area (Å²) >= 11 is 6.46. The molecule has 0 fully saturated rings. The first-order chi connectivity index (χ1) is 9.24. The Morgan fingerprint density at radius 2 is 2.21 bits per heavy atom. The van der Waals surface area contributed by atoms with Crippen LogP contribution in [-0.2, 0) is 0 Å². The van der Waals surface area contributed by atoms with Gasteiger partial charge in [-0.25, -0.2) is 10.1 Å². The Morgan fingerprint density at radius 3 is 3.00 bits per heavy atom. The summed E-state index contributed by atoms with van der Waals surface area (Å²) in [5.74, 6) is 0.516. The molecule has 1 N–H and O–H groups in total. The highest BCUT2D eigenvalue weighted by Gasteiger charge is 2.17. The lowest BCUT2D eigenvalue weighted by atomic mass is 10.3. The van der Waals surface area contributed by atoms with Gasteiger partial charge in [0.15, 0.2) is 4.96 Å². The average Bonchev–Trinajstić information content (AvgIpc) is 3.04. The van der Waals surface area contributed by atoms with Crippen molar-refractivity contribution in [2.75, 3.05) is 0 Å². The molecule has 0 bridgehead atoms. The fourth-order valence-electron chi connectivity index (χ4n) is 2.19. The van der Waals surface area contributed by atoms with Crippen LogP contribution in [0.25, 0.3) is 26.8 Å². The van der Waals surface area contributed by atoms with Crippen LogP contribution in [0.1, 0.15) is 5.69 Å². The van der Waals surface area contributed by atoms with E-state index < -0.39 is 0 Å². The number of thiazole rings is 1. The number of benzene rings is 1. The van der Waals surface area contributed by atoms with E-state index >= 15 is 0 Å². The lowest BCUT2D eigenvalue weighted by molar-refractivity contribution is 0.553. The van der Waals surface area contributed by atoms with Crippen LogP contribution >= 0.6 is 23.6 Å². The molecule has 94 valence electrons. The molecule has 0 radical (unpaired) electrons. The number of nitrogens with zero attached hydrogens (tertiary/aromatic N) is 3. The van der Waals surface area contributed by atoms with Crippen LogP contribution in [0.15, 0.2) is 28.7 Å². The molecule has 7 heteroatoms. The molecule has 4 rings (SSSR count). The highest BCUT2D eigenvalue weighted by molar-refractivity contribution is 7.71. The van der Waals surface area contributed by atoms with Gasteiger partial charge >= 0.3 is 0 Å². The maximum Gasteiger partial charge on any atom is 0.284 e. The van der Waals surface area contributed by atoms with Gasteiger partial charge in [-0.2, -0.15) is 0 Å². The quantitative estimate of drug-likeness (QED) is 0.544. The fourth-order valence-corrected chi connectivity index (χ4v) is 3.38. The molecule has 0 saturated carbocycles. The topological polar surface area (TPSA) is 59.1 Å². The summed E-state index contributed by atoms with van der Waals surface area (Å²) in [6.07, 6.45) is 0. The Labute approximate surface area is 116 Å². The number of rotatable bonds is 1. The zero-order valence-electron chi connectivity index (χ0n) is 9.88. The van der Waals surface area contributed by atoms with Gasteiger partial charge in [0.2, 0.25) is 0 Å². The van der Waals surface area contributed by atoms with E-state index in [0.29, 0.717) is 5.89 Å². The average molecular weight is 288 g/mol. The smallest absolute Gasteiger partial charge is 0.284 e. The Balaban J connectivity index is 2.09. The number of para-hydroxylation sites is 2. The molecule has 4 aromatic rings. The highest BCUT2D eigenvalue weighted by atomic mass is 32.1. The lowest BCUT2D eigenvalue weighted by Crippen LogP contribution is -1.85. The molecule has 3 aromatic heterocycles. The minimum Gasteiger partial charge on any atom is -0.408 e. The van der Waals surface area contributed by atoms with Crippen LogP contribution in [0.4, 0.5) is 0 Å². The molecule has 0 saturated heterocycles. The Hall–Kier alpha value is -1.99. The van der Waals surface area contributed by atoms with Crippen LogP contribution < -0.4 is 0 Å². The maximum absolute atomic E-state index is 5.38. The molecular weight excluding hydrogens is 280 g/mol. The van der Waals surface area contributed by atoms with Gasteiger partial charge in [0.05, 0.1) is 11.0 Å². The molecule has 3 heterocycles. The second-order valence-electron chi connectivity index (χ2n) is 4.15. The summed E-state index contributed by atoms with van der Waals surface area (Å²) in [7, 11) is 0. The number of nitrogens with one attached hydrogen (secondary N) is 1. The van der Waals surface area contributed by atoms with Crippen molar-refractivity contribution < 1.29 is 4.42 Å². The van der Waals surface area contributed by atoms with E-state index in [1.165, 1.54) is 0 Å². The largest absolute Gasteiger partial charge is 0.408 e. The molecule has 0 atom stereocenters. The van der Waals surface area contributed by atoms with Crippen molar-refractivity contribution in [1.82, 2.24) is 19.6 Å². The molecule has 5 nitrogen and oxygen atoms in total. The number of aromatic amines is 1. The zero-order chi connectivity index (χ0) is 13.0. The lowest BCUT2D eigenvalue weighted by Gasteiger charge is -1.95. The highest BCUT2D eigenvalue weighted by Crippen LogP contribution is 2.33. The predicted octanol–water partition coefficient (Wildman–Crippen LogP) is 3.57. The zero-order valence-corrected chi connectivity index (χ0v) is 11.5. The first kappa shape index (κ1) is 10.9. The van der Waals surface area contributed by atoms with Crippen LogP contribution in [0, 0.1) is 11.8 Å². The number of fused-ring (bicyclic) bond motifs is 3. The molecule has 0 amide bonds. The van der Waals surface area contributed by atoms with Crippen LogP contribution in [0.2, 0.25) is 0 Å². The molecule has 0 aliphatic heterocycles. The number of hydrogen-bond acceptors (Lipinski definition) is 5. The van der Waals surface area contributed by atoms with Crippen LogP contribution in [0.5, 0.6) is 0 Å².